The molecule has 0 radical (unpaired) electrons. The van der Waals surface area contributed by atoms with Gasteiger partial charge in [-0.15, -0.1) is 0 Å². The molecular weight excluding hydrogens is 501 g/mol. The lowest BCUT2D eigenvalue weighted by Gasteiger charge is -2.31. The first-order chi connectivity index (χ1) is 17.6. The Kier molecular flexibility index (Phi) is 9.37. The molecule has 38 heavy (non-hydrogen) atoms. The van der Waals surface area contributed by atoms with E-state index in [2.05, 4.69) is 10.6 Å². The monoisotopic (exact) mass is 534 g/mol. The number of hydrogen-bond acceptors (Lipinski definition) is 5. The van der Waals surface area contributed by atoms with E-state index in [0.29, 0.717) is 31.0 Å². The number of nitrogens with one attached hydrogen (secondary N) is 2. The molecule has 1 saturated heterocycles. The molecule has 6 N–H and O–H groups in total. The number of likely N-dealkylation sites (tertiary alicyclic amines) is 1. The Morgan fingerprint density at radius 1 is 0.921 bits per heavy atom. The number of nitrogens with zero attached hydrogens (tertiary/aromatic N) is 1. The molecule has 2 aromatic rings. The second-order valence-corrected chi connectivity index (χ2v) is 9.66. The van der Waals surface area contributed by atoms with E-state index in [4.69, 9.17) is 5.11 Å². The van der Waals surface area contributed by atoms with Gasteiger partial charge in [-0.2, -0.15) is 13.2 Å². The van der Waals surface area contributed by atoms with Crippen LogP contribution in [0.5, 0.6) is 0 Å². The number of halogens is 3. The minimum Gasteiger partial charge on any atom is -0.478 e. The summed E-state index contributed by atoms with van der Waals surface area (Å²) in [6.45, 7) is 0.353. The number of carboxylic acid groups (broad SMARTS) is 1. The van der Waals surface area contributed by atoms with Gasteiger partial charge in [0.05, 0.1) is 17.7 Å². The van der Waals surface area contributed by atoms with Crippen LogP contribution in [-0.2, 0) is 15.8 Å². The number of aromatic carboxylic acids is 1. The molecule has 4 rings (SSSR count). The SMILES string of the molecule is N.O=C(O)c1ccc(C2CCC(NC(=O)[C@H]3CCCN3C(=O)CNc3ccc(C(F)(F)F)cc3)CC2)cc1. The lowest BCUT2D eigenvalue weighted by atomic mass is 9.81. The van der Waals surface area contributed by atoms with Gasteiger partial charge >= 0.3 is 12.1 Å². The highest BCUT2D eigenvalue weighted by atomic mass is 19.4. The minimum atomic E-state index is -4.42. The molecule has 1 aliphatic heterocycles. The molecule has 2 aliphatic rings. The lowest BCUT2D eigenvalue weighted by molar-refractivity contribution is -0.137. The standard InChI is InChI=1S/C27H30F3N3O4.H3N/c28-27(29,30)20-9-13-21(14-10-20)31-16-24(34)33-15-1-2-23(33)25(35)32-22-11-7-18(8-12-22)17-3-5-19(6-4-17)26(36)37;/h3-6,9-10,13-14,18,22-23,31H,1-2,7-8,11-12,15-16H2,(H,32,35)(H,36,37);1H3/t18?,22?,23-;/m1./s1. The number of rotatable bonds is 7. The van der Waals surface area contributed by atoms with Crippen LogP contribution in [-0.4, -0.2) is 53.0 Å². The smallest absolute Gasteiger partial charge is 0.416 e. The molecule has 0 aromatic heterocycles. The number of carbonyl (C=O) groups is 3. The van der Waals surface area contributed by atoms with Crippen molar-refractivity contribution in [2.24, 2.45) is 0 Å². The van der Waals surface area contributed by atoms with Crippen LogP contribution in [0.1, 0.15) is 65.9 Å². The largest absolute Gasteiger partial charge is 0.478 e. The Labute approximate surface area is 219 Å². The van der Waals surface area contributed by atoms with Gasteiger partial charge in [0.15, 0.2) is 0 Å². The summed E-state index contributed by atoms with van der Waals surface area (Å²) >= 11 is 0. The maximum absolute atomic E-state index is 13.0. The van der Waals surface area contributed by atoms with Crippen LogP contribution in [0.2, 0.25) is 0 Å². The average molecular weight is 535 g/mol. The van der Waals surface area contributed by atoms with E-state index in [-0.39, 0.29) is 36.1 Å². The first-order valence-corrected chi connectivity index (χ1v) is 12.5. The molecule has 2 aromatic carbocycles. The van der Waals surface area contributed by atoms with Gasteiger partial charge in [-0.25, -0.2) is 4.79 Å². The van der Waals surface area contributed by atoms with Gasteiger partial charge in [0, 0.05) is 18.3 Å². The zero-order valence-corrected chi connectivity index (χ0v) is 21.0. The highest BCUT2D eigenvalue weighted by Gasteiger charge is 2.35. The van der Waals surface area contributed by atoms with E-state index in [9.17, 15) is 27.6 Å². The number of amides is 2. The Balaban J connectivity index is 0.00000400. The summed E-state index contributed by atoms with van der Waals surface area (Å²) in [5.74, 6) is -1.08. The van der Waals surface area contributed by atoms with Crippen molar-refractivity contribution >= 4 is 23.5 Å². The Morgan fingerprint density at radius 2 is 1.55 bits per heavy atom. The molecule has 1 heterocycles. The minimum absolute atomic E-state index is 0. The molecular formula is C27H33F3N4O4. The second-order valence-electron chi connectivity index (χ2n) is 9.66. The first-order valence-electron chi connectivity index (χ1n) is 12.5. The summed E-state index contributed by atoms with van der Waals surface area (Å²) in [5, 5.41) is 15.0. The van der Waals surface area contributed by atoms with Gasteiger partial charge < -0.3 is 26.8 Å². The Morgan fingerprint density at radius 3 is 2.13 bits per heavy atom. The third-order valence-corrected chi connectivity index (χ3v) is 7.23. The highest BCUT2D eigenvalue weighted by Crippen LogP contribution is 2.33. The van der Waals surface area contributed by atoms with Crippen molar-refractivity contribution in [3.8, 4) is 0 Å². The summed E-state index contributed by atoms with van der Waals surface area (Å²) in [7, 11) is 0. The maximum Gasteiger partial charge on any atom is 0.416 e. The van der Waals surface area contributed by atoms with Crippen LogP contribution in [0.3, 0.4) is 0 Å². The van der Waals surface area contributed by atoms with E-state index >= 15 is 0 Å². The molecule has 0 unspecified atom stereocenters. The molecule has 0 bridgehead atoms. The number of alkyl halides is 3. The van der Waals surface area contributed by atoms with Gasteiger partial charge in [0.2, 0.25) is 11.8 Å². The fourth-order valence-corrected chi connectivity index (χ4v) is 5.16. The van der Waals surface area contributed by atoms with Crippen molar-refractivity contribution in [3.63, 3.8) is 0 Å². The summed E-state index contributed by atoms with van der Waals surface area (Å²) in [5.41, 5.74) is 1.000. The van der Waals surface area contributed by atoms with Gasteiger partial charge in [0.25, 0.3) is 0 Å². The fourth-order valence-electron chi connectivity index (χ4n) is 5.16. The van der Waals surface area contributed by atoms with Crippen molar-refractivity contribution in [2.45, 2.75) is 62.7 Å². The highest BCUT2D eigenvalue weighted by molar-refractivity contribution is 5.90. The lowest BCUT2D eigenvalue weighted by Crippen LogP contribution is -2.50. The first kappa shape index (κ1) is 29.0. The van der Waals surface area contributed by atoms with Gasteiger partial charge in [-0.1, -0.05) is 12.1 Å². The van der Waals surface area contributed by atoms with Gasteiger partial charge in [-0.05, 0) is 86.4 Å². The predicted molar refractivity (Wildman–Crippen MR) is 136 cm³/mol. The molecule has 206 valence electrons. The number of carboxylic acids is 1. The van der Waals surface area contributed by atoms with Crippen LogP contribution >= 0.6 is 0 Å². The van der Waals surface area contributed by atoms with Crippen LogP contribution in [0.4, 0.5) is 18.9 Å². The molecule has 0 spiro atoms. The van der Waals surface area contributed by atoms with Crippen molar-refractivity contribution < 1.29 is 32.7 Å². The van der Waals surface area contributed by atoms with E-state index in [0.717, 1.165) is 43.4 Å². The van der Waals surface area contributed by atoms with Gasteiger partial charge in [-0.3, -0.25) is 9.59 Å². The molecule has 2 amide bonds. The zero-order valence-electron chi connectivity index (χ0n) is 21.0. The fraction of sp³-hybridized carbons (Fsp3) is 0.444. The summed E-state index contributed by atoms with van der Waals surface area (Å²) in [4.78, 5) is 38.4. The average Bonchev–Trinajstić information content (AvgIpc) is 3.38. The molecule has 1 saturated carbocycles. The Hall–Kier alpha value is -3.60. The predicted octanol–water partition coefficient (Wildman–Crippen LogP) is 4.81. The summed E-state index contributed by atoms with van der Waals surface area (Å²) in [6.07, 6.45) is 0.216. The van der Waals surface area contributed by atoms with Crippen molar-refractivity contribution in [1.82, 2.24) is 16.4 Å². The van der Waals surface area contributed by atoms with Crippen LogP contribution in [0.25, 0.3) is 0 Å². The molecule has 1 aliphatic carbocycles. The van der Waals surface area contributed by atoms with Crippen molar-refractivity contribution in [3.05, 3.63) is 65.2 Å². The number of benzene rings is 2. The quantitative estimate of drug-likeness (QED) is 0.403. The third kappa shape index (κ3) is 7.03. The molecule has 11 heteroatoms. The number of anilines is 1. The van der Waals surface area contributed by atoms with Crippen LogP contribution < -0.4 is 16.8 Å². The van der Waals surface area contributed by atoms with E-state index in [1.165, 1.54) is 12.1 Å². The summed E-state index contributed by atoms with van der Waals surface area (Å²) in [6, 6.07) is 10.9. The Bertz CT molecular complexity index is 1110. The maximum atomic E-state index is 13.0. The van der Waals surface area contributed by atoms with Crippen LogP contribution in [0.15, 0.2) is 48.5 Å². The van der Waals surface area contributed by atoms with E-state index in [1.54, 1.807) is 17.0 Å². The van der Waals surface area contributed by atoms with E-state index < -0.39 is 23.8 Å². The van der Waals surface area contributed by atoms with E-state index in [1.807, 2.05) is 12.1 Å². The zero-order chi connectivity index (χ0) is 26.6. The summed E-state index contributed by atoms with van der Waals surface area (Å²) < 4.78 is 38.2. The number of carbonyl (C=O) groups excluding carboxylic acids is 2. The third-order valence-electron chi connectivity index (χ3n) is 7.23. The van der Waals surface area contributed by atoms with Crippen molar-refractivity contribution in [1.29, 1.82) is 0 Å². The topological polar surface area (TPSA) is 134 Å². The van der Waals surface area contributed by atoms with Crippen molar-refractivity contribution in [2.75, 3.05) is 18.4 Å². The number of hydrogen-bond donors (Lipinski definition) is 4. The normalized spacial score (nSPS) is 21.3. The second kappa shape index (κ2) is 12.3. The molecule has 1 atom stereocenters. The van der Waals surface area contributed by atoms with Gasteiger partial charge in [0.1, 0.15) is 6.04 Å². The molecule has 8 nitrogen and oxygen atoms in total. The molecule has 2 fully saturated rings. The van der Waals surface area contributed by atoms with Crippen LogP contribution in [0, 0.1) is 0 Å².